The largest absolute Gasteiger partial charge is 0.480 e. The lowest BCUT2D eigenvalue weighted by Crippen LogP contribution is -2.14. The zero-order valence-electron chi connectivity index (χ0n) is 9.11. The third-order valence-corrected chi connectivity index (χ3v) is 1.81. The summed E-state index contributed by atoms with van der Waals surface area (Å²) in [6.07, 6.45) is 0. The second kappa shape index (κ2) is 4.72. The van der Waals surface area contributed by atoms with E-state index in [1.807, 2.05) is 20.8 Å². The number of hydrogen-bond donors (Lipinski definition) is 2. The zero-order chi connectivity index (χ0) is 11.4. The van der Waals surface area contributed by atoms with Crippen LogP contribution in [0, 0.1) is 6.92 Å². The van der Waals surface area contributed by atoms with Gasteiger partial charge in [-0.3, -0.25) is 4.79 Å². The summed E-state index contributed by atoms with van der Waals surface area (Å²) in [4.78, 5) is 18.9. The summed E-state index contributed by atoms with van der Waals surface area (Å²) in [5, 5.41) is 11.2. The molecule has 1 heterocycles. The number of nitrogens with zero attached hydrogens (tertiary/aromatic N) is 2. The van der Waals surface area contributed by atoms with E-state index in [-0.39, 0.29) is 12.5 Å². The number of anilines is 1. The number of carboxylic acid groups (broad SMARTS) is 1. The maximum absolute atomic E-state index is 10.4. The van der Waals surface area contributed by atoms with E-state index in [0.717, 1.165) is 11.5 Å². The Morgan fingerprint density at radius 3 is 2.73 bits per heavy atom. The maximum Gasteiger partial charge on any atom is 0.322 e. The molecule has 5 heteroatoms. The first-order chi connectivity index (χ1) is 6.99. The summed E-state index contributed by atoms with van der Waals surface area (Å²) >= 11 is 0. The molecule has 1 aromatic rings. The highest BCUT2D eigenvalue weighted by atomic mass is 16.4. The Balaban J connectivity index is 2.84. The minimum absolute atomic E-state index is 0.131. The van der Waals surface area contributed by atoms with E-state index in [9.17, 15) is 4.79 Å². The molecule has 0 spiro atoms. The van der Waals surface area contributed by atoms with Crippen LogP contribution in [-0.4, -0.2) is 27.6 Å². The monoisotopic (exact) mass is 209 g/mol. The number of carboxylic acids is 1. The molecule has 0 bridgehead atoms. The number of hydrogen-bond acceptors (Lipinski definition) is 4. The normalized spacial score (nSPS) is 10.4. The van der Waals surface area contributed by atoms with Crippen molar-refractivity contribution in [1.29, 1.82) is 0 Å². The highest BCUT2D eigenvalue weighted by Crippen LogP contribution is 2.13. The summed E-state index contributed by atoms with van der Waals surface area (Å²) in [6, 6.07) is 1.73. The van der Waals surface area contributed by atoms with Crippen LogP contribution in [0.15, 0.2) is 6.07 Å². The van der Waals surface area contributed by atoms with Crippen molar-refractivity contribution in [2.24, 2.45) is 0 Å². The topological polar surface area (TPSA) is 75.1 Å². The summed E-state index contributed by atoms with van der Waals surface area (Å²) in [5.41, 5.74) is 0.835. The van der Waals surface area contributed by atoms with Crippen LogP contribution in [0.2, 0.25) is 0 Å². The van der Waals surface area contributed by atoms with Crippen molar-refractivity contribution in [3.63, 3.8) is 0 Å². The molecule has 0 aromatic carbocycles. The van der Waals surface area contributed by atoms with E-state index in [1.54, 1.807) is 6.07 Å². The molecule has 0 aliphatic carbocycles. The molecule has 1 rings (SSSR count). The summed E-state index contributed by atoms with van der Waals surface area (Å²) < 4.78 is 0. The van der Waals surface area contributed by atoms with Crippen molar-refractivity contribution < 1.29 is 9.90 Å². The van der Waals surface area contributed by atoms with Gasteiger partial charge in [0.2, 0.25) is 0 Å². The molecule has 5 nitrogen and oxygen atoms in total. The molecular weight excluding hydrogens is 194 g/mol. The van der Waals surface area contributed by atoms with E-state index in [4.69, 9.17) is 5.11 Å². The number of nitrogens with one attached hydrogen (secondary N) is 1. The van der Waals surface area contributed by atoms with Gasteiger partial charge in [-0.05, 0) is 6.92 Å². The summed E-state index contributed by atoms with van der Waals surface area (Å²) in [5.74, 6) is 0.615. The van der Waals surface area contributed by atoms with Crippen molar-refractivity contribution in [3.05, 3.63) is 17.6 Å². The zero-order valence-corrected chi connectivity index (χ0v) is 9.11. The van der Waals surface area contributed by atoms with Crippen LogP contribution < -0.4 is 5.32 Å². The molecule has 2 N–H and O–H groups in total. The fraction of sp³-hybridized carbons (Fsp3) is 0.500. The Labute approximate surface area is 88.6 Å². The fourth-order valence-corrected chi connectivity index (χ4v) is 1.11. The van der Waals surface area contributed by atoms with Gasteiger partial charge in [0.25, 0.3) is 0 Å². The molecule has 0 aliphatic rings. The van der Waals surface area contributed by atoms with Crippen LogP contribution in [0.4, 0.5) is 5.82 Å². The molecule has 0 aliphatic heterocycles. The first-order valence-corrected chi connectivity index (χ1v) is 4.80. The van der Waals surface area contributed by atoms with E-state index >= 15 is 0 Å². The van der Waals surface area contributed by atoms with Crippen molar-refractivity contribution in [3.8, 4) is 0 Å². The van der Waals surface area contributed by atoms with Gasteiger partial charge < -0.3 is 10.4 Å². The summed E-state index contributed by atoms with van der Waals surface area (Å²) in [6.45, 7) is 5.72. The van der Waals surface area contributed by atoms with Crippen LogP contribution >= 0.6 is 0 Å². The Morgan fingerprint density at radius 2 is 2.20 bits per heavy atom. The molecule has 82 valence electrons. The first kappa shape index (κ1) is 11.4. The predicted octanol–water partition coefficient (Wildman–Crippen LogP) is 1.40. The molecule has 1 aromatic heterocycles. The highest BCUT2D eigenvalue weighted by Gasteiger charge is 2.06. The van der Waals surface area contributed by atoms with E-state index in [2.05, 4.69) is 15.3 Å². The number of aliphatic carboxylic acids is 1. The summed E-state index contributed by atoms with van der Waals surface area (Å²) in [7, 11) is 0. The van der Waals surface area contributed by atoms with Gasteiger partial charge in [0.15, 0.2) is 0 Å². The van der Waals surface area contributed by atoms with Gasteiger partial charge in [-0.1, -0.05) is 13.8 Å². The Bertz CT molecular complexity index is 364. The second-order valence-corrected chi connectivity index (χ2v) is 3.65. The van der Waals surface area contributed by atoms with E-state index in [1.165, 1.54) is 0 Å². The smallest absolute Gasteiger partial charge is 0.322 e. The van der Waals surface area contributed by atoms with E-state index < -0.39 is 5.97 Å². The minimum Gasteiger partial charge on any atom is -0.480 e. The SMILES string of the molecule is Cc1cc(NCC(=O)O)nc(C(C)C)n1. The van der Waals surface area contributed by atoms with Crippen molar-refractivity contribution in [2.45, 2.75) is 26.7 Å². The van der Waals surface area contributed by atoms with Crippen LogP contribution in [-0.2, 0) is 4.79 Å². The predicted molar refractivity (Wildman–Crippen MR) is 57.0 cm³/mol. The molecular formula is C10H15N3O2. The molecule has 0 saturated heterocycles. The van der Waals surface area contributed by atoms with Crippen LogP contribution in [0.1, 0.15) is 31.3 Å². The van der Waals surface area contributed by atoms with Crippen molar-refractivity contribution in [1.82, 2.24) is 9.97 Å². The molecule has 0 radical (unpaired) electrons. The molecule has 0 saturated carbocycles. The second-order valence-electron chi connectivity index (χ2n) is 3.65. The van der Waals surface area contributed by atoms with Crippen molar-refractivity contribution >= 4 is 11.8 Å². The average Bonchev–Trinajstić information content (AvgIpc) is 2.13. The lowest BCUT2D eigenvalue weighted by Gasteiger charge is -2.08. The quantitative estimate of drug-likeness (QED) is 0.784. The van der Waals surface area contributed by atoms with E-state index in [0.29, 0.717) is 5.82 Å². The van der Waals surface area contributed by atoms with Gasteiger partial charge in [0, 0.05) is 17.7 Å². The third kappa shape index (κ3) is 3.53. The minimum atomic E-state index is -0.905. The first-order valence-electron chi connectivity index (χ1n) is 4.80. The molecule has 0 fully saturated rings. The van der Waals surface area contributed by atoms with Gasteiger partial charge in [-0.2, -0.15) is 0 Å². The number of carbonyl (C=O) groups is 1. The standard InChI is InChI=1S/C10H15N3O2/c1-6(2)10-12-7(3)4-8(13-10)11-5-9(14)15/h4,6H,5H2,1-3H3,(H,14,15)(H,11,12,13). The number of aromatic nitrogens is 2. The Morgan fingerprint density at radius 1 is 1.53 bits per heavy atom. The lowest BCUT2D eigenvalue weighted by molar-refractivity contribution is -0.134. The Kier molecular flexibility index (Phi) is 3.60. The van der Waals surface area contributed by atoms with Crippen LogP contribution in [0.3, 0.4) is 0 Å². The van der Waals surface area contributed by atoms with Gasteiger partial charge in [-0.25, -0.2) is 9.97 Å². The van der Waals surface area contributed by atoms with Gasteiger partial charge in [-0.15, -0.1) is 0 Å². The Hall–Kier alpha value is -1.65. The van der Waals surface area contributed by atoms with Gasteiger partial charge in [0.1, 0.15) is 18.2 Å². The fourth-order valence-electron chi connectivity index (χ4n) is 1.11. The van der Waals surface area contributed by atoms with Gasteiger partial charge >= 0.3 is 5.97 Å². The molecule has 0 atom stereocenters. The molecule has 15 heavy (non-hydrogen) atoms. The maximum atomic E-state index is 10.4. The van der Waals surface area contributed by atoms with Crippen LogP contribution in [0.5, 0.6) is 0 Å². The molecule has 0 unspecified atom stereocenters. The number of rotatable bonds is 4. The lowest BCUT2D eigenvalue weighted by atomic mass is 10.2. The molecule has 0 amide bonds. The highest BCUT2D eigenvalue weighted by molar-refractivity contribution is 5.72. The third-order valence-electron chi connectivity index (χ3n) is 1.81. The van der Waals surface area contributed by atoms with Crippen molar-refractivity contribution in [2.75, 3.05) is 11.9 Å². The average molecular weight is 209 g/mol. The number of aryl methyl sites for hydroxylation is 1. The van der Waals surface area contributed by atoms with Gasteiger partial charge in [0.05, 0.1) is 0 Å². The van der Waals surface area contributed by atoms with Crippen LogP contribution in [0.25, 0.3) is 0 Å².